The highest BCUT2D eigenvalue weighted by atomic mass is 32.2. The summed E-state index contributed by atoms with van der Waals surface area (Å²) < 4.78 is 0. The molecule has 234 valence electrons. The molecule has 2 fully saturated rings. The van der Waals surface area contributed by atoms with Crippen molar-refractivity contribution < 1.29 is 14.7 Å². The Morgan fingerprint density at radius 2 is 1.98 bits per heavy atom. The highest BCUT2D eigenvalue weighted by Crippen LogP contribution is 2.34. The Bertz CT molecular complexity index is 861. The first kappa shape index (κ1) is 36.7. The molecule has 0 aromatic rings. The van der Waals surface area contributed by atoms with E-state index in [1.54, 1.807) is 6.21 Å². The topological polar surface area (TPSA) is 118 Å². The van der Waals surface area contributed by atoms with Crippen molar-refractivity contribution in [3.05, 3.63) is 35.6 Å². The van der Waals surface area contributed by atoms with Gasteiger partial charge in [-0.15, -0.1) is 0 Å². The van der Waals surface area contributed by atoms with Crippen LogP contribution < -0.4 is 21.3 Å². The first-order valence-electron chi connectivity index (χ1n) is 15.3. The van der Waals surface area contributed by atoms with Gasteiger partial charge in [0, 0.05) is 54.5 Å². The number of hydrogen-bond donors (Lipinski definition) is 5. The molecule has 0 saturated carbocycles. The van der Waals surface area contributed by atoms with E-state index in [0.29, 0.717) is 36.0 Å². The summed E-state index contributed by atoms with van der Waals surface area (Å²) in [4.78, 5) is 27.9. The standard InChI is InChI=1S/C20H38N4O2.C11H18N2OS/c1-6-10-19(18(4)20(23-16-25)22-12-7-2)24(15-13-21-5)14-9-8-11-17(3)26;1-8-12-9-7-15-10(11(9)13-8)5-3-2-4-6-14/h10,12,16-17,21,26H,6-9,11,13-15H2,1-5H3,(H,23,25);6,9-13H,1-5,7H2/b19-10?,20-18-,22-12-;. The van der Waals surface area contributed by atoms with Crippen molar-refractivity contribution in [2.45, 2.75) is 109 Å². The predicted molar refractivity (Wildman–Crippen MR) is 174 cm³/mol. The molecule has 2 heterocycles. The fourth-order valence-electron chi connectivity index (χ4n) is 4.98. The number of aliphatic imine (C=N–C) groups is 1. The van der Waals surface area contributed by atoms with Gasteiger partial charge < -0.3 is 36.1 Å². The zero-order chi connectivity index (χ0) is 30.5. The van der Waals surface area contributed by atoms with E-state index < -0.39 is 0 Å². The third kappa shape index (κ3) is 14.4. The molecule has 41 heavy (non-hydrogen) atoms. The Morgan fingerprint density at radius 3 is 2.61 bits per heavy atom. The summed E-state index contributed by atoms with van der Waals surface area (Å²) in [6.45, 7) is 14.5. The molecule has 0 aromatic heterocycles. The Balaban J connectivity index is 0.000000468. The van der Waals surface area contributed by atoms with Crippen LogP contribution in [-0.2, 0) is 9.59 Å². The van der Waals surface area contributed by atoms with Gasteiger partial charge in [0.25, 0.3) is 0 Å². The number of thioether (sulfide) groups is 1. The maximum Gasteiger partial charge on any atom is 0.212 e. The summed E-state index contributed by atoms with van der Waals surface area (Å²) in [5, 5.41) is 22.9. The quantitative estimate of drug-likeness (QED) is 0.0622. The molecule has 0 radical (unpaired) electrons. The summed E-state index contributed by atoms with van der Waals surface area (Å²) in [6.07, 6.45) is 14.1. The lowest BCUT2D eigenvalue weighted by atomic mass is 10.0. The van der Waals surface area contributed by atoms with Gasteiger partial charge in [-0.1, -0.05) is 32.9 Å². The number of likely N-dealkylation sites (N-methyl/N-ethyl adjacent to an activating group) is 1. The molecule has 0 bridgehead atoms. The van der Waals surface area contributed by atoms with E-state index in [-0.39, 0.29) is 6.10 Å². The fraction of sp³-hybridized carbons (Fsp3) is 0.710. The molecule has 0 aliphatic carbocycles. The van der Waals surface area contributed by atoms with E-state index in [4.69, 9.17) is 0 Å². The van der Waals surface area contributed by atoms with Crippen LogP contribution in [0.5, 0.6) is 0 Å². The Kier molecular flexibility index (Phi) is 20.0. The Hall–Kier alpha value is -2.30. The Morgan fingerprint density at radius 1 is 1.20 bits per heavy atom. The Labute approximate surface area is 253 Å². The number of fused-ring (bicyclic) bond motifs is 1. The average Bonchev–Trinajstić information content (AvgIpc) is 3.51. The van der Waals surface area contributed by atoms with Gasteiger partial charge in [-0.2, -0.15) is 11.8 Å². The van der Waals surface area contributed by atoms with Crippen LogP contribution >= 0.6 is 11.8 Å². The van der Waals surface area contributed by atoms with E-state index in [1.807, 2.05) is 39.6 Å². The average molecular weight is 593 g/mol. The van der Waals surface area contributed by atoms with Gasteiger partial charge in [0.2, 0.25) is 6.41 Å². The van der Waals surface area contributed by atoms with Crippen LogP contribution in [0.1, 0.15) is 85.5 Å². The van der Waals surface area contributed by atoms with E-state index in [1.165, 1.54) is 12.2 Å². The number of hydrogen-bond acceptors (Lipinski definition) is 9. The molecule has 10 heteroatoms. The lowest BCUT2D eigenvalue weighted by molar-refractivity contribution is -0.109. The SMILES string of the molecule is C=C1NC2CSC(CCCCC=O)C2N1.CCC=C(/C(C)=C(/N=C\CC)NC=O)N(CCCCC(C)O)CCNC. The number of amides is 1. The van der Waals surface area contributed by atoms with Gasteiger partial charge in [0.15, 0.2) is 0 Å². The van der Waals surface area contributed by atoms with E-state index in [2.05, 4.69) is 50.7 Å². The summed E-state index contributed by atoms with van der Waals surface area (Å²) in [7, 11) is 1.95. The molecule has 2 aliphatic rings. The predicted octanol–water partition coefficient (Wildman–Crippen LogP) is 4.07. The van der Waals surface area contributed by atoms with Crippen LogP contribution in [0, 0.1) is 0 Å². The van der Waals surface area contributed by atoms with Gasteiger partial charge in [-0.05, 0) is 65.8 Å². The highest BCUT2D eigenvalue weighted by molar-refractivity contribution is 8.00. The summed E-state index contributed by atoms with van der Waals surface area (Å²) in [6, 6.07) is 1.12. The molecule has 1 amide bonds. The van der Waals surface area contributed by atoms with Crippen molar-refractivity contribution in [2.24, 2.45) is 4.99 Å². The number of aliphatic hydroxyl groups is 1. The smallest absolute Gasteiger partial charge is 0.212 e. The third-order valence-corrected chi connectivity index (χ3v) is 8.60. The molecule has 4 atom stereocenters. The molecule has 9 nitrogen and oxygen atoms in total. The normalized spacial score (nSPS) is 21.3. The number of nitrogens with one attached hydrogen (secondary N) is 4. The van der Waals surface area contributed by atoms with Crippen LogP contribution in [0.4, 0.5) is 0 Å². The molecule has 2 saturated heterocycles. The van der Waals surface area contributed by atoms with Crippen molar-refractivity contribution in [3.8, 4) is 0 Å². The summed E-state index contributed by atoms with van der Waals surface area (Å²) in [5.41, 5.74) is 2.08. The molecule has 2 rings (SSSR count). The number of aldehydes is 1. The zero-order valence-corrected chi connectivity index (χ0v) is 26.9. The number of aliphatic hydroxyl groups excluding tert-OH is 1. The molecular formula is C31H56N6O3S. The van der Waals surface area contributed by atoms with Crippen LogP contribution in [0.3, 0.4) is 0 Å². The van der Waals surface area contributed by atoms with Gasteiger partial charge >= 0.3 is 0 Å². The second kappa shape index (κ2) is 22.3. The van der Waals surface area contributed by atoms with Crippen LogP contribution in [0.15, 0.2) is 40.6 Å². The minimum atomic E-state index is -0.250. The maximum absolute atomic E-state index is 11.0. The largest absolute Gasteiger partial charge is 0.393 e. The molecule has 4 unspecified atom stereocenters. The number of carbonyl (C=O) groups is 2. The van der Waals surface area contributed by atoms with Crippen LogP contribution in [0.2, 0.25) is 0 Å². The van der Waals surface area contributed by atoms with Gasteiger partial charge in [-0.25, -0.2) is 4.99 Å². The van der Waals surface area contributed by atoms with Crippen molar-refractivity contribution in [1.29, 1.82) is 0 Å². The van der Waals surface area contributed by atoms with Gasteiger partial charge in [0.05, 0.1) is 24.0 Å². The summed E-state index contributed by atoms with van der Waals surface area (Å²) >= 11 is 2.04. The lowest BCUT2D eigenvalue weighted by Crippen LogP contribution is -2.36. The molecular weight excluding hydrogens is 536 g/mol. The minimum absolute atomic E-state index is 0.250. The van der Waals surface area contributed by atoms with Crippen molar-refractivity contribution >= 4 is 30.7 Å². The molecule has 2 aliphatic heterocycles. The van der Waals surface area contributed by atoms with Gasteiger partial charge in [-0.3, -0.25) is 4.79 Å². The third-order valence-electron chi connectivity index (χ3n) is 7.09. The zero-order valence-electron chi connectivity index (χ0n) is 26.1. The second-order valence-electron chi connectivity index (χ2n) is 10.6. The molecule has 0 aromatic carbocycles. The number of rotatable bonds is 20. The van der Waals surface area contributed by atoms with E-state index in [0.717, 1.165) is 88.0 Å². The number of carbonyl (C=O) groups excluding carboxylic acids is 2. The van der Waals surface area contributed by atoms with Crippen molar-refractivity contribution in [3.63, 3.8) is 0 Å². The highest BCUT2D eigenvalue weighted by Gasteiger charge is 2.40. The van der Waals surface area contributed by atoms with E-state index >= 15 is 0 Å². The first-order chi connectivity index (χ1) is 19.8. The number of allylic oxidation sites excluding steroid dienone is 2. The monoisotopic (exact) mass is 592 g/mol. The lowest BCUT2D eigenvalue weighted by Gasteiger charge is -2.29. The summed E-state index contributed by atoms with van der Waals surface area (Å²) in [5.74, 6) is 2.75. The van der Waals surface area contributed by atoms with Gasteiger partial charge in [0.1, 0.15) is 12.1 Å². The number of nitrogens with zero attached hydrogens (tertiary/aromatic N) is 2. The fourth-order valence-corrected chi connectivity index (χ4v) is 6.52. The van der Waals surface area contributed by atoms with Crippen molar-refractivity contribution in [1.82, 2.24) is 26.2 Å². The van der Waals surface area contributed by atoms with Crippen molar-refractivity contribution in [2.75, 3.05) is 32.4 Å². The molecule has 0 spiro atoms. The van der Waals surface area contributed by atoms with Crippen LogP contribution in [0.25, 0.3) is 0 Å². The van der Waals surface area contributed by atoms with E-state index in [9.17, 15) is 14.7 Å². The second-order valence-corrected chi connectivity index (χ2v) is 11.9. The van der Waals surface area contributed by atoms with Crippen LogP contribution in [-0.4, -0.2) is 84.8 Å². The first-order valence-corrected chi connectivity index (χ1v) is 16.4. The maximum atomic E-state index is 11.0. The minimum Gasteiger partial charge on any atom is -0.393 e. The number of unbranched alkanes of at least 4 members (excludes halogenated alkanes) is 3. The molecule has 5 N–H and O–H groups in total.